The van der Waals surface area contributed by atoms with Gasteiger partial charge in [0.25, 0.3) is 0 Å². The van der Waals surface area contributed by atoms with Gasteiger partial charge in [0.15, 0.2) is 11.4 Å². The molecule has 122 valence electrons. The largest absolute Gasteiger partial charge is 0.627 e. The van der Waals surface area contributed by atoms with E-state index in [0.29, 0.717) is 37.6 Å². The quantitative estimate of drug-likeness (QED) is 0.622. The van der Waals surface area contributed by atoms with Gasteiger partial charge in [-0.3, -0.25) is 4.90 Å². The number of hydrogen-bond acceptors (Lipinski definition) is 4. The smallest absolute Gasteiger partial charge is 0.410 e. The van der Waals surface area contributed by atoms with E-state index in [1.807, 2.05) is 32.9 Å². The van der Waals surface area contributed by atoms with Crippen molar-refractivity contribution >= 4 is 11.8 Å². The van der Waals surface area contributed by atoms with E-state index in [1.165, 1.54) is 0 Å². The SMILES string of the molecule is COc1ccccc1[N+]1([O-])CCN(C(=O)OC(C)(C)C)CC1. The predicted molar refractivity (Wildman–Crippen MR) is 85.7 cm³/mol. The van der Waals surface area contributed by atoms with Crippen LogP contribution in [-0.2, 0) is 4.74 Å². The lowest BCUT2D eigenvalue weighted by atomic mass is 10.2. The third kappa shape index (κ3) is 3.69. The number of methoxy groups -OCH3 is 1. The fourth-order valence-corrected chi connectivity index (χ4v) is 2.50. The van der Waals surface area contributed by atoms with Gasteiger partial charge in [-0.2, -0.15) is 0 Å². The Kier molecular flexibility index (Phi) is 4.63. The highest BCUT2D eigenvalue weighted by Gasteiger charge is 2.33. The van der Waals surface area contributed by atoms with Gasteiger partial charge in [0, 0.05) is 6.07 Å². The van der Waals surface area contributed by atoms with E-state index in [9.17, 15) is 10.0 Å². The molecule has 0 spiro atoms. The maximum absolute atomic E-state index is 13.0. The molecular formula is C16H24N2O4. The number of ether oxygens (including phenoxy) is 2. The van der Waals surface area contributed by atoms with Gasteiger partial charge in [-0.05, 0) is 26.8 Å². The van der Waals surface area contributed by atoms with Crippen molar-refractivity contribution in [2.24, 2.45) is 0 Å². The number of para-hydroxylation sites is 2. The molecule has 0 radical (unpaired) electrons. The number of piperazine rings is 1. The molecule has 1 aromatic carbocycles. The van der Waals surface area contributed by atoms with Crippen molar-refractivity contribution in [1.29, 1.82) is 0 Å². The Hall–Kier alpha value is -1.79. The summed E-state index contributed by atoms with van der Waals surface area (Å²) in [4.78, 5) is 13.6. The molecule has 6 nitrogen and oxygen atoms in total. The van der Waals surface area contributed by atoms with Gasteiger partial charge in [0.2, 0.25) is 0 Å². The molecule has 1 aromatic rings. The lowest BCUT2D eigenvalue weighted by Gasteiger charge is -2.47. The first-order chi connectivity index (χ1) is 10.2. The van der Waals surface area contributed by atoms with Crippen LogP contribution in [0.1, 0.15) is 20.8 Å². The van der Waals surface area contributed by atoms with Gasteiger partial charge in [-0.1, -0.05) is 12.1 Å². The van der Waals surface area contributed by atoms with Gasteiger partial charge >= 0.3 is 6.09 Å². The predicted octanol–water partition coefficient (Wildman–Crippen LogP) is 2.75. The molecule has 1 fully saturated rings. The molecule has 1 heterocycles. The summed E-state index contributed by atoms with van der Waals surface area (Å²) in [5.74, 6) is 0.586. The van der Waals surface area contributed by atoms with E-state index < -0.39 is 10.2 Å². The number of hydrogen-bond donors (Lipinski definition) is 0. The zero-order valence-corrected chi connectivity index (χ0v) is 13.7. The lowest BCUT2D eigenvalue weighted by Crippen LogP contribution is -2.58. The van der Waals surface area contributed by atoms with E-state index in [4.69, 9.17) is 9.47 Å². The van der Waals surface area contributed by atoms with Gasteiger partial charge < -0.3 is 19.3 Å². The molecule has 6 heteroatoms. The minimum Gasteiger partial charge on any atom is -0.627 e. The fourth-order valence-electron chi connectivity index (χ4n) is 2.50. The first-order valence-electron chi connectivity index (χ1n) is 7.45. The molecule has 0 saturated carbocycles. The summed E-state index contributed by atoms with van der Waals surface area (Å²) in [5.41, 5.74) is 0.0782. The van der Waals surface area contributed by atoms with Crippen LogP contribution < -0.4 is 9.38 Å². The Morgan fingerprint density at radius 1 is 1.23 bits per heavy atom. The molecule has 1 amide bonds. The van der Waals surface area contributed by atoms with Crippen LogP contribution in [0.2, 0.25) is 0 Å². The summed E-state index contributed by atoms with van der Waals surface area (Å²) in [6.45, 7) is 6.82. The molecule has 0 aromatic heterocycles. The van der Waals surface area contributed by atoms with Crippen molar-refractivity contribution in [2.75, 3.05) is 33.3 Å². The second-order valence-electron chi connectivity index (χ2n) is 6.48. The number of amides is 1. The minimum atomic E-state index is -0.527. The van der Waals surface area contributed by atoms with Gasteiger partial charge in [-0.15, -0.1) is 0 Å². The Morgan fingerprint density at radius 2 is 1.82 bits per heavy atom. The number of carbonyl (C=O) groups excluding carboxylic acids is 1. The molecule has 0 unspecified atom stereocenters. The zero-order chi connectivity index (χ0) is 16.4. The lowest BCUT2D eigenvalue weighted by molar-refractivity contribution is 0.0179. The number of hydroxylamine groups is 2. The summed E-state index contributed by atoms with van der Waals surface area (Å²) < 4.78 is 10.1. The highest BCUT2D eigenvalue weighted by atomic mass is 16.6. The van der Waals surface area contributed by atoms with Gasteiger partial charge in [0.1, 0.15) is 18.7 Å². The maximum Gasteiger partial charge on any atom is 0.410 e. The van der Waals surface area contributed by atoms with Crippen molar-refractivity contribution < 1.29 is 14.3 Å². The Labute approximate surface area is 131 Å². The summed E-state index contributed by atoms with van der Waals surface area (Å²) in [7, 11) is 1.56. The zero-order valence-electron chi connectivity index (χ0n) is 13.7. The number of rotatable bonds is 2. The second kappa shape index (κ2) is 6.14. The number of benzene rings is 1. The van der Waals surface area contributed by atoms with Crippen molar-refractivity contribution in [3.63, 3.8) is 0 Å². The summed E-state index contributed by atoms with van der Waals surface area (Å²) in [6.07, 6.45) is -0.362. The summed E-state index contributed by atoms with van der Waals surface area (Å²) >= 11 is 0. The molecular weight excluding hydrogens is 284 g/mol. The molecule has 1 aliphatic rings. The van der Waals surface area contributed by atoms with Gasteiger partial charge in [-0.25, -0.2) is 4.79 Å². The third-order valence-electron chi connectivity index (χ3n) is 3.64. The van der Waals surface area contributed by atoms with Crippen LogP contribution in [-0.4, -0.2) is 49.9 Å². The van der Waals surface area contributed by atoms with Crippen molar-refractivity contribution in [1.82, 2.24) is 9.55 Å². The van der Waals surface area contributed by atoms with E-state index in [-0.39, 0.29) is 6.09 Å². The first-order valence-corrected chi connectivity index (χ1v) is 7.45. The van der Waals surface area contributed by atoms with Gasteiger partial charge in [0.05, 0.1) is 20.2 Å². The molecule has 0 bridgehead atoms. The number of quaternary nitrogens is 1. The Bertz CT molecular complexity index is 531. The molecule has 0 N–H and O–H groups in total. The monoisotopic (exact) mass is 308 g/mol. The van der Waals surface area contributed by atoms with Crippen LogP contribution in [0.15, 0.2) is 24.3 Å². The molecule has 0 atom stereocenters. The summed E-state index contributed by atoms with van der Waals surface area (Å²) in [5, 5.41) is 13.0. The van der Waals surface area contributed by atoms with Crippen LogP contribution >= 0.6 is 0 Å². The Balaban J connectivity index is 2.06. The normalized spacial score (nSPS) is 18.0. The third-order valence-corrected chi connectivity index (χ3v) is 3.64. The highest BCUT2D eigenvalue weighted by Crippen LogP contribution is 2.33. The average Bonchev–Trinajstić information content (AvgIpc) is 2.46. The van der Waals surface area contributed by atoms with Crippen molar-refractivity contribution in [3.8, 4) is 5.75 Å². The van der Waals surface area contributed by atoms with Crippen molar-refractivity contribution in [2.45, 2.75) is 26.4 Å². The Morgan fingerprint density at radius 3 is 2.36 bits per heavy atom. The van der Waals surface area contributed by atoms with Crippen molar-refractivity contribution in [3.05, 3.63) is 29.5 Å². The first kappa shape index (κ1) is 16.6. The van der Waals surface area contributed by atoms with E-state index in [0.717, 1.165) is 0 Å². The molecule has 0 aliphatic carbocycles. The van der Waals surface area contributed by atoms with Crippen LogP contribution in [0.25, 0.3) is 0 Å². The van der Waals surface area contributed by atoms with E-state index in [2.05, 4.69) is 0 Å². The standard InChI is InChI=1S/C16H24N2O4/c1-16(2,3)22-15(19)17-9-11-18(20,12-10-17)13-7-5-6-8-14(13)21-4/h5-8H,9-12H2,1-4H3. The van der Waals surface area contributed by atoms with E-state index in [1.54, 1.807) is 24.1 Å². The molecule has 2 rings (SSSR count). The van der Waals surface area contributed by atoms with Crippen LogP contribution in [0, 0.1) is 5.21 Å². The topological polar surface area (TPSA) is 61.8 Å². The number of nitrogens with zero attached hydrogens (tertiary/aromatic N) is 2. The van der Waals surface area contributed by atoms with Crippen LogP contribution in [0.5, 0.6) is 5.75 Å². The van der Waals surface area contributed by atoms with Crippen LogP contribution in [0.3, 0.4) is 0 Å². The van der Waals surface area contributed by atoms with E-state index >= 15 is 0 Å². The minimum absolute atomic E-state index is 0.291. The fraction of sp³-hybridized carbons (Fsp3) is 0.562. The highest BCUT2D eigenvalue weighted by molar-refractivity contribution is 5.68. The molecule has 1 saturated heterocycles. The maximum atomic E-state index is 13.0. The molecule has 1 aliphatic heterocycles. The van der Waals surface area contributed by atoms with Crippen LogP contribution in [0.4, 0.5) is 10.5 Å². The summed E-state index contributed by atoms with van der Waals surface area (Å²) in [6, 6.07) is 7.24. The average molecular weight is 308 g/mol. The number of carbonyl (C=O) groups is 1. The molecule has 22 heavy (non-hydrogen) atoms. The second-order valence-corrected chi connectivity index (χ2v) is 6.48.